The number of hydrogen-bond donors (Lipinski definition) is 0. The Balaban J connectivity index is 1.50. The number of pyridine rings is 1. The summed E-state index contributed by atoms with van der Waals surface area (Å²) in [6, 6.07) is 22.0. The molecule has 0 amide bonds. The maximum absolute atomic E-state index is 6.00. The molecule has 0 N–H and O–H groups in total. The molecule has 0 spiro atoms. The molecule has 0 radical (unpaired) electrons. The fraction of sp³-hybridized carbons (Fsp3) is 0.296. The van der Waals surface area contributed by atoms with Crippen LogP contribution in [0.5, 0.6) is 11.5 Å². The van der Waals surface area contributed by atoms with Gasteiger partial charge in [-0.15, -0.1) is 0 Å². The van der Waals surface area contributed by atoms with E-state index in [2.05, 4.69) is 25.9 Å². The highest BCUT2D eigenvalue weighted by atomic mass is 16.5. The second kappa shape index (κ2) is 12.5. The van der Waals surface area contributed by atoms with E-state index in [9.17, 15) is 0 Å². The van der Waals surface area contributed by atoms with Gasteiger partial charge < -0.3 is 9.47 Å². The summed E-state index contributed by atoms with van der Waals surface area (Å²) in [5.74, 6) is 1.69. The van der Waals surface area contributed by atoms with Crippen molar-refractivity contribution in [2.24, 2.45) is 9.98 Å². The number of benzene rings is 2. The first-order valence-corrected chi connectivity index (χ1v) is 11.4. The van der Waals surface area contributed by atoms with Gasteiger partial charge in [0.2, 0.25) is 0 Å². The summed E-state index contributed by atoms with van der Waals surface area (Å²) in [5.41, 5.74) is 3.03. The second-order valence-corrected chi connectivity index (χ2v) is 7.79. The van der Waals surface area contributed by atoms with E-state index in [1.165, 1.54) is 0 Å². The number of aliphatic imine (C=N–C) groups is 2. The van der Waals surface area contributed by atoms with Crippen LogP contribution in [-0.4, -0.2) is 61.7 Å². The fourth-order valence-corrected chi connectivity index (χ4v) is 3.58. The fourth-order valence-electron chi connectivity index (χ4n) is 3.58. The topological polar surface area (TPSA) is 59.3 Å². The van der Waals surface area contributed by atoms with Crippen LogP contribution >= 0.6 is 0 Å². The molecule has 3 aromatic rings. The van der Waals surface area contributed by atoms with Crippen LogP contribution in [0.2, 0.25) is 0 Å². The van der Waals surface area contributed by atoms with Gasteiger partial charge in [0.25, 0.3) is 0 Å². The minimum atomic E-state index is 0.582. The van der Waals surface area contributed by atoms with E-state index >= 15 is 0 Å². The smallest absolute Gasteiger partial charge is 0.128 e. The number of nitrogens with zero attached hydrogens (tertiary/aromatic N) is 4. The quantitative estimate of drug-likeness (QED) is 0.594. The predicted octanol–water partition coefficient (Wildman–Crippen LogP) is 4.28. The first kappa shape index (κ1) is 22.7. The summed E-state index contributed by atoms with van der Waals surface area (Å²) in [7, 11) is 0. The number of para-hydroxylation sites is 2. The number of rotatable bonds is 2. The molecule has 1 aliphatic rings. The van der Waals surface area contributed by atoms with Crippen LogP contribution < -0.4 is 9.47 Å². The minimum absolute atomic E-state index is 0.582. The molecule has 6 nitrogen and oxygen atoms in total. The molecule has 2 heterocycles. The van der Waals surface area contributed by atoms with Crippen LogP contribution in [0.15, 0.2) is 82.9 Å². The lowest BCUT2D eigenvalue weighted by molar-refractivity contribution is 0.247. The number of fused-ring (bicyclic) bond motifs is 2. The van der Waals surface area contributed by atoms with E-state index in [1.54, 1.807) is 0 Å². The lowest BCUT2D eigenvalue weighted by Crippen LogP contribution is -2.29. The molecule has 170 valence electrons. The molecule has 0 bridgehead atoms. The van der Waals surface area contributed by atoms with Crippen LogP contribution in [0.25, 0.3) is 0 Å². The van der Waals surface area contributed by atoms with Crippen molar-refractivity contribution < 1.29 is 9.47 Å². The van der Waals surface area contributed by atoms with Gasteiger partial charge in [0.15, 0.2) is 0 Å². The SMILES string of the molecule is C1=NCCN(Cc2ccccn2)CCN=Cc2ccccc2OCCCOc2ccccc21. The summed E-state index contributed by atoms with van der Waals surface area (Å²) in [5, 5.41) is 0. The Morgan fingerprint density at radius 1 is 0.697 bits per heavy atom. The summed E-state index contributed by atoms with van der Waals surface area (Å²) < 4.78 is 12.0. The number of aromatic nitrogens is 1. The van der Waals surface area contributed by atoms with Crippen molar-refractivity contribution in [2.45, 2.75) is 13.0 Å². The third-order valence-corrected chi connectivity index (χ3v) is 5.30. The first-order chi connectivity index (χ1) is 16.4. The van der Waals surface area contributed by atoms with Gasteiger partial charge in [0.05, 0.1) is 32.0 Å². The summed E-state index contributed by atoms with van der Waals surface area (Å²) in [6.07, 6.45) is 6.44. The molecule has 0 unspecified atom stereocenters. The van der Waals surface area contributed by atoms with Crippen molar-refractivity contribution >= 4 is 12.4 Å². The van der Waals surface area contributed by atoms with Crippen molar-refractivity contribution in [3.05, 3.63) is 89.7 Å². The molecule has 0 fully saturated rings. The van der Waals surface area contributed by atoms with Gasteiger partial charge in [0, 0.05) is 55.8 Å². The zero-order valence-electron chi connectivity index (χ0n) is 18.8. The lowest BCUT2D eigenvalue weighted by atomic mass is 10.2. The zero-order valence-corrected chi connectivity index (χ0v) is 18.8. The lowest BCUT2D eigenvalue weighted by Gasteiger charge is -2.20. The maximum atomic E-state index is 6.00. The number of ether oxygens (including phenoxy) is 2. The highest BCUT2D eigenvalue weighted by Gasteiger charge is 2.07. The minimum Gasteiger partial charge on any atom is -0.493 e. The molecule has 6 heteroatoms. The van der Waals surface area contributed by atoms with Crippen LogP contribution in [0.1, 0.15) is 23.2 Å². The van der Waals surface area contributed by atoms with Gasteiger partial charge in [0.1, 0.15) is 11.5 Å². The summed E-state index contributed by atoms with van der Waals surface area (Å²) in [6.45, 7) is 4.98. The first-order valence-electron chi connectivity index (χ1n) is 11.4. The van der Waals surface area contributed by atoms with Gasteiger partial charge in [-0.2, -0.15) is 0 Å². The summed E-state index contributed by atoms with van der Waals surface area (Å²) >= 11 is 0. The molecule has 2 aromatic carbocycles. The standard InChI is InChI=1S/C27H30N4O2/c1-3-11-26-23(8-1)20-28-14-16-31(22-25-10-5-6-13-30-25)17-15-29-21-24-9-2-4-12-27(24)33-19-7-18-32-26/h1-6,8-13,20-21H,7,14-19,22H2. The third kappa shape index (κ3) is 7.26. The van der Waals surface area contributed by atoms with Gasteiger partial charge in [-0.25, -0.2) is 0 Å². The van der Waals surface area contributed by atoms with Crippen LogP contribution in [-0.2, 0) is 6.54 Å². The largest absolute Gasteiger partial charge is 0.493 e. The Kier molecular flexibility index (Phi) is 8.59. The van der Waals surface area contributed by atoms with E-state index in [0.717, 1.165) is 54.4 Å². The third-order valence-electron chi connectivity index (χ3n) is 5.30. The van der Waals surface area contributed by atoms with E-state index in [1.807, 2.05) is 79.3 Å². The van der Waals surface area contributed by atoms with Gasteiger partial charge in [-0.05, 0) is 36.4 Å². The highest BCUT2D eigenvalue weighted by Crippen LogP contribution is 2.18. The van der Waals surface area contributed by atoms with Crippen molar-refractivity contribution in [3.63, 3.8) is 0 Å². The number of hydrogen-bond acceptors (Lipinski definition) is 6. The molecule has 0 atom stereocenters. The monoisotopic (exact) mass is 442 g/mol. The van der Waals surface area contributed by atoms with Crippen molar-refractivity contribution in [1.82, 2.24) is 9.88 Å². The molecule has 0 aliphatic carbocycles. The average molecular weight is 443 g/mol. The molecule has 0 saturated carbocycles. The Morgan fingerprint density at radius 3 is 1.85 bits per heavy atom. The predicted molar refractivity (Wildman–Crippen MR) is 133 cm³/mol. The van der Waals surface area contributed by atoms with Crippen molar-refractivity contribution in [3.8, 4) is 11.5 Å². The van der Waals surface area contributed by atoms with E-state index in [0.29, 0.717) is 26.3 Å². The molecular weight excluding hydrogens is 412 g/mol. The molecule has 1 aromatic heterocycles. The Hall–Kier alpha value is -3.51. The van der Waals surface area contributed by atoms with Gasteiger partial charge in [-0.1, -0.05) is 30.3 Å². The highest BCUT2D eigenvalue weighted by molar-refractivity contribution is 5.84. The van der Waals surface area contributed by atoms with Gasteiger partial charge in [-0.3, -0.25) is 19.9 Å². The second-order valence-electron chi connectivity index (χ2n) is 7.79. The van der Waals surface area contributed by atoms with E-state index in [4.69, 9.17) is 9.47 Å². The Bertz CT molecular complexity index is 989. The van der Waals surface area contributed by atoms with Crippen LogP contribution in [0, 0.1) is 0 Å². The maximum Gasteiger partial charge on any atom is 0.128 e. The summed E-state index contributed by atoms with van der Waals surface area (Å²) in [4.78, 5) is 16.2. The Morgan fingerprint density at radius 2 is 1.27 bits per heavy atom. The Labute approximate surface area is 195 Å². The molecule has 4 rings (SSSR count). The molecule has 33 heavy (non-hydrogen) atoms. The van der Waals surface area contributed by atoms with Crippen LogP contribution in [0.3, 0.4) is 0 Å². The van der Waals surface area contributed by atoms with Crippen LogP contribution in [0.4, 0.5) is 0 Å². The van der Waals surface area contributed by atoms with Crippen molar-refractivity contribution in [2.75, 3.05) is 39.4 Å². The molecule has 1 aliphatic heterocycles. The molecular formula is C27H30N4O2. The van der Waals surface area contributed by atoms with Gasteiger partial charge >= 0.3 is 0 Å². The molecule has 0 saturated heterocycles. The zero-order chi connectivity index (χ0) is 22.6. The van der Waals surface area contributed by atoms with E-state index in [-0.39, 0.29) is 0 Å². The van der Waals surface area contributed by atoms with Crippen molar-refractivity contribution in [1.29, 1.82) is 0 Å². The van der Waals surface area contributed by atoms with E-state index < -0.39 is 0 Å². The normalized spacial score (nSPS) is 15.9. The average Bonchev–Trinajstić information content (AvgIpc) is 2.85.